The van der Waals surface area contributed by atoms with Crippen molar-refractivity contribution < 1.29 is 9.47 Å². The quantitative estimate of drug-likeness (QED) is 0.657. The first kappa shape index (κ1) is 12.5. The van der Waals surface area contributed by atoms with E-state index >= 15 is 0 Å². The topological polar surface area (TPSA) is 42.2 Å². The third kappa shape index (κ3) is 2.93. The van der Waals surface area contributed by atoms with E-state index in [1.807, 2.05) is 13.8 Å². The highest BCUT2D eigenvalue weighted by Crippen LogP contribution is 2.48. The zero-order chi connectivity index (χ0) is 11.5. The summed E-state index contributed by atoms with van der Waals surface area (Å²) in [4.78, 5) is 0. The highest BCUT2D eigenvalue weighted by atomic mass is 16.7. The van der Waals surface area contributed by atoms with Crippen LogP contribution in [0.3, 0.4) is 0 Å². The molecule has 0 N–H and O–H groups in total. The summed E-state index contributed by atoms with van der Waals surface area (Å²) in [5.41, 5.74) is 0.187. The summed E-state index contributed by atoms with van der Waals surface area (Å²) in [5, 5.41) is 8.69. The minimum Gasteiger partial charge on any atom is -0.353 e. The Morgan fingerprint density at radius 3 is 2.67 bits per heavy atom. The summed E-state index contributed by atoms with van der Waals surface area (Å²) in [6, 6.07) is 2.22. The minimum absolute atomic E-state index is 0.165. The smallest absolute Gasteiger partial charge is 0.155 e. The lowest BCUT2D eigenvalue weighted by Gasteiger charge is -2.51. The van der Waals surface area contributed by atoms with Crippen molar-refractivity contribution in [2.75, 3.05) is 6.61 Å². The SMILES string of the molecule is CCOC(C)OC1[C@H](CC#N)CC1(C)C. The molecule has 15 heavy (non-hydrogen) atoms. The molecule has 1 fully saturated rings. The molecule has 86 valence electrons. The Labute approximate surface area is 92.4 Å². The van der Waals surface area contributed by atoms with Gasteiger partial charge in [0.15, 0.2) is 6.29 Å². The molecule has 1 saturated carbocycles. The molecule has 0 aliphatic heterocycles. The molecule has 3 nitrogen and oxygen atoms in total. The number of hydrogen-bond donors (Lipinski definition) is 0. The number of ether oxygens (including phenoxy) is 2. The molecule has 0 heterocycles. The third-order valence-electron chi connectivity index (χ3n) is 3.08. The Hall–Kier alpha value is -0.590. The fourth-order valence-corrected chi connectivity index (χ4v) is 2.45. The Morgan fingerprint density at radius 2 is 2.20 bits per heavy atom. The van der Waals surface area contributed by atoms with E-state index in [4.69, 9.17) is 14.7 Å². The van der Waals surface area contributed by atoms with Crippen molar-refractivity contribution in [1.82, 2.24) is 0 Å². The highest BCUT2D eigenvalue weighted by molar-refractivity contribution is 5.00. The van der Waals surface area contributed by atoms with Crippen molar-refractivity contribution in [3.05, 3.63) is 0 Å². The zero-order valence-corrected chi connectivity index (χ0v) is 10.1. The second-order valence-electron chi connectivity index (χ2n) is 4.89. The molecule has 0 aromatic heterocycles. The van der Waals surface area contributed by atoms with E-state index in [1.54, 1.807) is 0 Å². The standard InChI is InChI=1S/C12H21NO2/c1-5-14-9(2)15-11-10(6-7-13)8-12(11,3)4/h9-11H,5-6,8H2,1-4H3/t9?,10-,11?/m1/s1. The maximum atomic E-state index is 8.69. The van der Waals surface area contributed by atoms with Crippen LogP contribution in [0.25, 0.3) is 0 Å². The molecule has 1 rings (SSSR count). The summed E-state index contributed by atoms with van der Waals surface area (Å²) in [5.74, 6) is 0.382. The molecule has 0 amide bonds. The average molecular weight is 211 g/mol. The Bertz CT molecular complexity index is 244. The second kappa shape index (κ2) is 4.96. The molecule has 3 heteroatoms. The number of nitrogens with zero attached hydrogens (tertiary/aromatic N) is 1. The number of nitriles is 1. The largest absolute Gasteiger partial charge is 0.353 e. The van der Waals surface area contributed by atoms with Crippen LogP contribution in [-0.4, -0.2) is 19.0 Å². The average Bonchev–Trinajstić information content (AvgIpc) is 2.14. The highest BCUT2D eigenvalue weighted by Gasteiger charge is 2.48. The van der Waals surface area contributed by atoms with Gasteiger partial charge in [-0.3, -0.25) is 0 Å². The molecule has 3 atom stereocenters. The van der Waals surface area contributed by atoms with Gasteiger partial charge in [-0.25, -0.2) is 0 Å². The molecule has 0 aromatic rings. The van der Waals surface area contributed by atoms with E-state index in [0.717, 1.165) is 6.42 Å². The monoisotopic (exact) mass is 211 g/mol. The van der Waals surface area contributed by atoms with Gasteiger partial charge < -0.3 is 9.47 Å². The molecule has 2 unspecified atom stereocenters. The van der Waals surface area contributed by atoms with Crippen molar-refractivity contribution in [3.8, 4) is 6.07 Å². The first-order valence-electron chi connectivity index (χ1n) is 5.65. The maximum Gasteiger partial charge on any atom is 0.155 e. The van der Waals surface area contributed by atoms with Crippen molar-refractivity contribution in [2.24, 2.45) is 11.3 Å². The summed E-state index contributed by atoms with van der Waals surface area (Å²) in [7, 11) is 0. The lowest BCUT2D eigenvalue weighted by Crippen LogP contribution is -2.51. The number of hydrogen-bond acceptors (Lipinski definition) is 3. The van der Waals surface area contributed by atoms with Gasteiger partial charge in [0.05, 0.1) is 12.2 Å². The van der Waals surface area contributed by atoms with E-state index in [2.05, 4.69) is 19.9 Å². The predicted octanol–water partition coefficient (Wildman–Crippen LogP) is 2.71. The predicted molar refractivity (Wildman–Crippen MR) is 58.1 cm³/mol. The van der Waals surface area contributed by atoms with E-state index in [0.29, 0.717) is 18.9 Å². The molecule has 0 radical (unpaired) electrons. The minimum atomic E-state index is -0.166. The van der Waals surface area contributed by atoms with E-state index in [9.17, 15) is 0 Å². The van der Waals surface area contributed by atoms with Gasteiger partial charge in [-0.15, -0.1) is 0 Å². The molecule has 0 bridgehead atoms. The lowest BCUT2D eigenvalue weighted by atomic mass is 9.60. The van der Waals surface area contributed by atoms with Crippen LogP contribution in [0, 0.1) is 22.7 Å². The van der Waals surface area contributed by atoms with E-state index in [1.165, 1.54) is 0 Å². The van der Waals surface area contributed by atoms with Gasteiger partial charge in [-0.1, -0.05) is 13.8 Å². The molecular formula is C12H21NO2. The number of rotatable bonds is 5. The summed E-state index contributed by atoms with van der Waals surface area (Å²) in [6.07, 6.45) is 1.66. The molecule has 0 spiro atoms. The molecule has 1 aliphatic carbocycles. The van der Waals surface area contributed by atoms with Crippen LogP contribution >= 0.6 is 0 Å². The molecular weight excluding hydrogens is 190 g/mol. The first-order chi connectivity index (χ1) is 7.01. The van der Waals surface area contributed by atoms with Crippen molar-refractivity contribution in [2.45, 2.75) is 52.9 Å². The Morgan fingerprint density at radius 1 is 1.53 bits per heavy atom. The van der Waals surface area contributed by atoms with Gasteiger partial charge in [-0.05, 0) is 31.6 Å². The van der Waals surface area contributed by atoms with Gasteiger partial charge in [-0.2, -0.15) is 5.26 Å². The molecule has 1 aliphatic rings. The third-order valence-corrected chi connectivity index (χ3v) is 3.08. The second-order valence-corrected chi connectivity index (χ2v) is 4.89. The van der Waals surface area contributed by atoms with Gasteiger partial charge >= 0.3 is 0 Å². The summed E-state index contributed by atoms with van der Waals surface area (Å²) in [6.45, 7) is 8.91. The van der Waals surface area contributed by atoms with Gasteiger partial charge in [0.1, 0.15) is 0 Å². The van der Waals surface area contributed by atoms with Gasteiger partial charge in [0, 0.05) is 13.0 Å². The lowest BCUT2D eigenvalue weighted by molar-refractivity contribution is -0.234. The summed E-state index contributed by atoms with van der Waals surface area (Å²) < 4.78 is 11.2. The van der Waals surface area contributed by atoms with Crippen molar-refractivity contribution >= 4 is 0 Å². The van der Waals surface area contributed by atoms with Gasteiger partial charge in [0.2, 0.25) is 0 Å². The van der Waals surface area contributed by atoms with Crippen LogP contribution in [0.4, 0.5) is 0 Å². The molecule has 0 aromatic carbocycles. The van der Waals surface area contributed by atoms with Crippen LogP contribution in [0.15, 0.2) is 0 Å². The Kier molecular flexibility index (Phi) is 4.12. The zero-order valence-electron chi connectivity index (χ0n) is 10.1. The van der Waals surface area contributed by atoms with Crippen LogP contribution in [0.5, 0.6) is 0 Å². The molecule has 0 saturated heterocycles. The summed E-state index contributed by atoms with van der Waals surface area (Å²) >= 11 is 0. The Balaban J connectivity index is 2.46. The van der Waals surface area contributed by atoms with Crippen molar-refractivity contribution in [3.63, 3.8) is 0 Å². The normalized spacial score (nSPS) is 30.3. The van der Waals surface area contributed by atoms with Crippen LogP contribution < -0.4 is 0 Å². The van der Waals surface area contributed by atoms with Crippen LogP contribution in [0.2, 0.25) is 0 Å². The van der Waals surface area contributed by atoms with E-state index < -0.39 is 0 Å². The fraction of sp³-hybridized carbons (Fsp3) is 0.917. The van der Waals surface area contributed by atoms with Crippen LogP contribution in [0.1, 0.15) is 40.5 Å². The van der Waals surface area contributed by atoms with Crippen LogP contribution in [-0.2, 0) is 9.47 Å². The van der Waals surface area contributed by atoms with Crippen molar-refractivity contribution in [1.29, 1.82) is 5.26 Å². The fourth-order valence-electron chi connectivity index (χ4n) is 2.45. The maximum absolute atomic E-state index is 8.69. The van der Waals surface area contributed by atoms with E-state index in [-0.39, 0.29) is 17.8 Å². The van der Waals surface area contributed by atoms with Gasteiger partial charge in [0.25, 0.3) is 0 Å². The first-order valence-corrected chi connectivity index (χ1v) is 5.65.